The molecule has 0 bridgehead atoms. The van der Waals surface area contributed by atoms with Crippen LogP contribution in [0.1, 0.15) is 19.4 Å². The second kappa shape index (κ2) is 7.64. The van der Waals surface area contributed by atoms with E-state index in [4.69, 9.17) is 9.47 Å². The predicted octanol–water partition coefficient (Wildman–Crippen LogP) is 1.86. The summed E-state index contributed by atoms with van der Waals surface area (Å²) in [6, 6.07) is 6.00. The molecule has 6 nitrogen and oxygen atoms in total. The van der Waals surface area contributed by atoms with Crippen molar-refractivity contribution in [2.45, 2.75) is 33.0 Å². The number of nitrogens with zero attached hydrogens (tertiary/aromatic N) is 3. The molecule has 21 heavy (non-hydrogen) atoms. The average molecular weight is 290 g/mol. The standard InChI is InChI=1S/C15H22N4O2/c1-12(2)21-14-5-4-13(10-15(14)20-3)11-16-6-8-19-9-7-17-18-19/h4-5,7,9-10,12,16H,6,8,11H2,1-3H3. The maximum absolute atomic E-state index is 5.70. The Labute approximate surface area is 125 Å². The van der Waals surface area contributed by atoms with Crippen LogP contribution in [0.15, 0.2) is 30.6 Å². The first-order valence-corrected chi connectivity index (χ1v) is 7.07. The Bertz CT molecular complexity index is 541. The van der Waals surface area contributed by atoms with Crippen LogP contribution in [0, 0.1) is 0 Å². The summed E-state index contributed by atoms with van der Waals surface area (Å²) in [4.78, 5) is 0. The minimum Gasteiger partial charge on any atom is -0.493 e. The lowest BCUT2D eigenvalue weighted by Gasteiger charge is -2.14. The van der Waals surface area contributed by atoms with Crippen LogP contribution in [0.25, 0.3) is 0 Å². The lowest BCUT2D eigenvalue weighted by molar-refractivity contribution is 0.230. The molecule has 114 valence electrons. The molecule has 0 aliphatic carbocycles. The Hall–Kier alpha value is -2.08. The molecule has 0 fully saturated rings. The number of ether oxygens (including phenoxy) is 2. The van der Waals surface area contributed by atoms with E-state index in [2.05, 4.69) is 15.6 Å². The van der Waals surface area contributed by atoms with E-state index in [9.17, 15) is 0 Å². The first-order valence-electron chi connectivity index (χ1n) is 7.07. The van der Waals surface area contributed by atoms with Crippen molar-refractivity contribution in [3.8, 4) is 11.5 Å². The maximum Gasteiger partial charge on any atom is 0.161 e. The fraction of sp³-hybridized carbons (Fsp3) is 0.467. The molecular weight excluding hydrogens is 268 g/mol. The van der Waals surface area contributed by atoms with Gasteiger partial charge in [-0.3, -0.25) is 4.68 Å². The zero-order chi connectivity index (χ0) is 15.1. The Morgan fingerprint density at radius 2 is 2.14 bits per heavy atom. The Balaban J connectivity index is 1.85. The highest BCUT2D eigenvalue weighted by atomic mass is 16.5. The first-order chi connectivity index (χ1) is 10.2. The Morgan fingerprint density at radius 3 is 2.81 bits per heavy atom. The zero-order valence-electron chi connectivity index (χ0n) is 12.7. The highest BCUT2D eigenvalue weighted by molar-refractivity contribution is 5.43. The fourth-order valence-corrected chi connectivity index (χ4v) is 1.95. The molecule has 2 aromatic rings. The molecule has 0 atom stereocenters. The first kappa shape index (κ1) is 15.3. The third-order valence-electron chi connectivity index (χ3n) is 2.91. The van der Waals surface area contributed by atoms with E-state index in [0.29, 0.717) is 0 Å². The molecule has 1 N–H and O–H groups in total. The third kappa shape index (κ3) is 4.75. The van der Waals surface area contributed by atoms with E-state index < -0.39 is 0 Å². The van der Waals surface area contributed by atoms with Crippen molar-refractivity contribution in [1.29, 1.82) is 0 Å². The molecule has 0 amide bonds. The zero-order valence-corrected chi connectivity index (χ0v) is 12.7. The highest BCUT2D eigenvalue weighted by Gasteiger charge is 2.07. The summed E-state index contributed by atoms with van der Waals surface area (Å²) in [5.41, 5.74) is 1.15. The topological polar surface area (TPSA) is 61.2 Å². The summed E-state index contributed by atoms with van der Waals surface area (Å²) in [6.45, 7) is 6.40. The van der Waals surface area contributed by atoms with Crippen LogP contribution in [0.3, 0.4) is 0 Å². The van der Waals surface area contributed by atoms with Crippen LogP contribution in [-0.4, -0.2) is 34.8 Å². The van der Waals surface area contributed by atoms with Gasteiger partial charge in [-0.1, -0.05) is 11.3 Å². The monoisotopic (exact) mass is 290 g/mol. The number of hydrogen-bond acceptors (Lipinski definition) is 5. The summed E-state index contributed by atoms with van der Waals surface area (Å²) in [5.74, 6) is 1.54. The molecule has 0 aliphatic heterocycles. The van der Waals surface area contributed by atoms with E-state index in [1.807, 2.05) is 38.2 Å². The van der Waals surface area contributed by atoms with Gasteiger partial charge in [0.05, 0.1) is 26.0 Å². The summed E-state index contributed by atoms with van der Waals surface area (Å²) in [6.07, 6.45) is 3.66. The minimum atomic E-state index is 0.130. The molecular formula is C15H22N4O2. The third-order valence-corrected chi connectivity index (χ3v) is 2.91. The lowest BCUT2D eigenvalue weighted by atomic mass is 10.2. The minimum absolute atomic E-state index is 0.130. The van der Waals surface area contributed by atoms with Crippen LogP contribution in [0.4, 0.5) is 0 Å². The lowest BCUT2D eigenvalue weighted by Crippen LogP contribution is -2.19. The van der Waals surface area contributed by atoms with Crippen LogP contribution < -0.4 is 14.8 Å². The van der Waals surface area contributed by atoms with Gasteiger partial charge >= 0.3 is 0 Å². The SMILES string of the molecule is COc1cc(CNCCn2ccnn2)ccc1OC(C)C. The second-order valence-corrected chi connectivity index (χ2v) is 4.99. The van der Waals surface area contributed by atoms with Crippen LogP contribution in [0.2, 0.25) is 0 Å². The fourth-order valence-electron chi connectivity index (χ4n) is 1.95. The van der Waals surface area contributed by atoms with Crippen molar-refractivity contribution in [3.05, 3.63) is 36.2 Å². The molecule has 6 heteroatoms. The Morgan fingerprint density at radius 1 is 1.29 bits per heavy atom. The van der Waals surface area contributed by atoms with Crippen LogP contribution in [0.5, 0.6) is 11.5 Å². The number of hydrogen-bond donors (Lipinski definition) is 1. The van der Waals surface area contributed by atoms with E-state index >= 15 is 0 Å². The van der Waals surface area contributed by atoms with Gasteiger partial charge in [0.2, 0.25) is 0 Å². The molecule has 1 heterocycles. The van der Waals surface area contributed by atoms with Crippen LogP contribution in [-0.2, 0) is 13.1 Å². The number of nitrogens with one attached hydrogen (secondary N) is 1. The molecule has 2 rings (SSSR count). The summed E-state index contributed by atoms with van der Waals surface area (Å²) >= 11 is 0. The Kier molecular flexibility index (Phi) is 5.57. The van der Waals surface area contributed by atoms with Crippen molar-refractivity contribution in [3.63, 3.8) is 0 Å². The molecule has 1 aromatic heterocycles. The van der Waals surface area contributed by atoms with E-state index in [1.165, 1.54) is 0 Å². The van der Waals surface area contributed by atoms with E-state index in [-0.39, 0.29) is 6.10 Å². The van der Waals surface area contributed by atoms with Crippen molar-refractivity contribution >= 4 is 0 Å². The number of benzene rings is 1. The van der Waals surface area contributed by atoms with Crippen molar-refractivity contribution < 1.29 is 9.47 Å². The summed E-state index contributed by atoms with van der Waals surface area (Å²) in [5, 5.41) is 11.1. The second-order valence-electron chi connectivity index (χ2n) is 4.99. The molecule has 0 aliphatic rings. The largest absolute Gasteiger partial charge is 0.493 e. The average Bonchev–Trinajstić information content (AvgIpc) is 2.97. The summed E-state index contributed by atoms with van der Waals surface area (Å²) in [7, 11) is 1.66. The molecule has 0 saturated carbocycles. The molecule has 0 saturated heterocycles. The van der Waals surface area contributed by atoms with Gasteiger partial charge < -0.3 is 14.8 Å². The molecule has 0 radical (unpaired) electrons. The van der Waals surface area contributed by atoms with Crippen molar-refractivity contribution in [2.24, 2.45) is 0 Å². The normalized spacial score (nSPS) is 10.9. The van der Waals surface area contributed by atoms with E-state index in [0.717, 1.165) is 36.7 Å². The number of methoxy groups -OCH3 is 1. The van der Waals surface area contributed by atoms with Crippen LogP contribution >= 0.6 is 0 Å². The van der Waals surface area contributed by atoms with Gasteiger partial charge in [0.25, 0.3) is 0 Å². The predicted molar refractivity (Wildman–Crippen MR) is 80.5 cm³/mol. The molecule has 0 spiro atoms. The van der Waals surface area contributed by atoms with Crippen molar-refractivity contribution in [1.82, 2.24) is 20.3 Å². The summed E-state index contributed by atoms with van der Waals surface area (Å²) < 4.78 is 12.9. The molecule has 1 aromatic carbocycles. The highest BCUT2D eigenvalue weighted by Crippen LogP contribution is 2.28. The van der Waals surface area contributed by atoms with Gasteiger partial charge in [0, 0.05) is 19.3 Å². The van der Waals surface area contributed by atoms with Gasteiger partial charge in [0.15, 0.2) is 11.5 Å². The van der Waals surface area contributed by atoms with Crippen molar-refractivity contribution in [2.75, 3.05) is 13.7 Å². The van der Waals surface area contributed by atoms with Gasteiger partial charge in [-0.2, -0.15) is 0 Å². The van der Waals surface area contributed by atoms with Gasteiger partial charge in [-0.15, -0.1) is 5.10 Å². The number of rotatable bonds is 8. The van der Waals surface area contributed by atoms with E-state index in [1.54, 1.807) is 18.0 Å². The van der Waals surface area contributed by atoms with Gasteiger partial charge in [-0.05, 0) is 31.5 Å². The maximum atomic E-state index is 5.70. The quantitative estimate of drug-likeness (QED) is 0.752. The molecule has 0 unspecified atom stereocenters. The van der Waals surface area contributed by atoms with Gasteiger partial charge in [-0.25, -0.2) is 0 Å². The number of aromatic nitrogens is 3. The smallest absolute Gasteiger partial charge is 0.161 e. The van der Waals surface area contributed by atoms with Gasteiger partial charge in [0.1, 0.15) is 0 Å².